The molecular weight excluding hydrogens is 336 g/mol. The second-order valence-corrected chi connectivity index (χ2v) is 7.03. The molecule has 1 unspecified atom stereocenters. The first-order valence-corrected chi connectivity index (χ1v) is 9.30. The molecule has 1 atom stereocenters. The number of hydrogen-bond donors (Lipinski definition) is 1. The van der Waals surface area contributed by atoms with Gasteiger partial charge in [-0.2, -0.15) is 0 Å². The highest BCUT2D eigenvalue weighted by atomic mass is 32.2. The lowest BCUT2D eigenvalue weighted by molar-refractivity contribution is 0.681. The molecule has 2 aromatic heterocycles. The number of unbranched alkanes of at least 4 members (excludes halogenated alkanes) is 1. The standard InChI is InChI=1S/C11H14N2OS2.2C4H4/c1-2-3-7-16(14)11-9(12)8-5-4-6-13-10(8)15-11;2*1-3-4-2/h4-6H,2-3,7,12H2,1H3;2*1-2H2. The number of nitrogen functional groups attached to an aromatic ring is 1. The third kappa shape index (κ3) is 7.28. The Bertz CT molecular complexity index is 773. The van der Waals surface area contributed by atoms with Gasteiger partial charge in [0.05, 0.1) is 16.5 Å². The van der Waals surface area contributed by atoms with E-state index in [1.165, 1.54) is 11.3 Å². The van der Waals surface area contributed by atoms with E-state index in [0.29, 0.717) is 11.4 Å². The number of hydrogen-bond acceptors (Lipinski definition) is 4. The van der Waals surface area contributed by atoms with Crippen LogP contribution < -0.4 is 5.73 Å². The average molecular weight is 359 g/mol. The fraction of sp³-hybridized carbons (Fsp3) is 0.211. The number of anilines is 1. The number of nitrogens with zero attached hydrogens (tertiary/aromatic N) is 1. The van der Waals surface area contributed by atoms with E-state index < -0.39 is 10.8 Å². The largest absolute Gasteiger partial charge is 0.397 e. The summed E-state index contributed by atoms with van der Waals surface area (Å²) in [5.74, 6) is 0.688. The van der Waals surface area contributed by atoms with Crippen LogP contribution in [-0.4, -0.2) is 14.9 Å². The Hall–Kier alpha value is -2.34. The lowest BCUT2D eigenvalue weighted by Crippen LogP contribution is -1.98. The molecule has 0 amide bonds. The second kappa shape index (κ2) is 13.1. The first-order valence-electron chi connectivity index (χ1n) is 7.16. The van der Waals surface area contributed by atoms with Gasteiger partial charge in [-0.1, -0.05) is 36.3 Å². The molecular formula is C19H22N2OS2. The van der Waals surface area contributed by atoms with Gasteiger partial charge in [-0.15, -0.1) is 11.3 Å². The van der Waals surface area contributed by atoms with Crippen molar-refractivity contribution in [3.8, 4) is 0 Å². The van der Waals surface area contributed by atoms with E-state index in [4.69, 9.17) is 5.73 Å². The van der Waals surface area contributed by atoms with Gasteiger partial charge >= 0.3 is 0 Å². The number of fused-ring (bicyclic) bond motifs is 1. The van der Waals surface area contributed by atoms with Crippen LogP contribution in [0.3, 0.4) is 0 Å². The predicted molar refractivity (Wildman–Crippen MR) is 107 cm³/mol. The van der Waals surface area contributed by atoms with Gasteiger partial charge < -0.3 is 5.73 Å². The third-order valence-corrected chi connectivity index (χ3v) is 5.64. The molecule has 0 fully saturated rings. The number of thiophene rings is 1. The van der Waals surface area contributed by atoms with Gasteiger partial charge in [-0.25, -0.2) is 4.98 Å². The highest BCUT2D eigenvalue weighted by Crippen LogP contribution is 2.34. The molecule has 0 aromatic carbocycles. The van der Waals surface area contributed by atoms with Gasteiger partial charge in [0.25, 0.3) is 0 Å². The zero-order chi connectivity index (χ0) is 18.4. The van der Waals surface area contributed by atoms with Crippen LogP contribution in [0.15, 0.2) is 71.8 Å². The van der Waals surface area contributed by atoms with Crippen molar-refractivity contribution < 1.29 is 4.21 Å². The number of aromatic nitrogens is 1. The zero-order valence-electron chi connectivity index (χ0n) is 13.9. The predicted octanol–water partition coefficient (Wildman–Crippen LogP) is 5.01. The van der Waals surface area contributed by atoms with Gasteiger partial charge in [0.1, 0.15) is 9.04 Å². The third-order valence-electron chi connectivity index (χ3n) is 2.61. The smallest absolute Gasteiger partial charge is 0.126 e. The molecule has 0 bridgehead atoms. The lowest BCUT2D eigenvalue weighted by Gasteiger charge is -1.98. The average Bonchev–Trinajstić information content (AvgIpc) is 2.97. The van der Waals surface area contributed by atoms with E-state index in [-0.39, 0.29) is 0 Å². The summed E-state index contributed by atoms with van der Waals surface area (Å²) in [6.07, 6.45) is 3.75. The minimum Gasteiger partial charge on any atom is -0.397 e. The van der Waals surface area contributed by atoms with E-state index in [1.54, 1.807) is 6.20 Å². The summed E-state index contributed by atoms with van der Waals surface area (Å²) in [6, 6.07) is 3.78. The fourth-order valence-corrected chi connectivity index (χ4v) is 4.21. The van der Waals surface area contributed by atoms with Crippen molar-refractivity contribution >= 4 is 38.0 Å². The van der Waals surface area contributed by atoms with E-state index in [9.17, 15) is 4.21 Å². The molecule has 0 aliphatic rings. The van der Waals surface area contributed by atoms with Crippen molar-refractivity contribution in [1.29, 1.82) is 0 Å². The highest BCUT2D eigenvalue weighted by molar-refractivity contribution is 7.87. The molecule has 2 aromatic rings. The number of nitrogens with two attached hydrogens (primary N) is 1. The molecule has 0 saturated heterocycles. The van der Waals surface area contributed by atoms with Gasteiger partial charge in [-0.05, 0) is 44.9 Å². The molecule has 0 spiro atoms. The summed E-state index contributed by atoms with van der Waals surface area (Å²) in [6.45, 7) is 14.8. The summed E-state index contributed by atoms with van der Waals surface area (Å²) in [5.41, 5.74) is 15.9. The molecule has 126 valence electrons. The summed E-state index contributed by atoms with van der Waals surface area (Å²) >= 11 is 1.45. The molecule has 2 heterocycles. The Morgan fingerprint density at radius 3 is 2.25 bits per heavy atom. The van der Waals surface area contributed by atoms with Crippen molar-refractivity contribution in [1.82, 2.24) is 4.98 Å². The summed E-state index contributed by atoms with van der Waals surface area (Å²) in [5, 5.41) is 0.923. The van der Waals surface area contributed by atoms with Crippen molar-refractivity contribution in [2.45, 2.75) is 24.0 Å². The first kappa shape index (κ1) is 21.7. The van der Waals surface area contributed by atoms with Crippen LogP contribution >= 0.6 is 11.3 Å². The highest BCUT2D eigenvalue weighted by Gasteiger charge is 2.14. The van der Waals surface area contributed by atoms with Gasteiger partial charge in [-0.3, -0.25) is 4.21 Å². The van der Waals surface area contributed by atoms with E-state index in [2.05, 4.69) is 61.1 Å². The Kier molecular flexibility index (Phi) is 11.9. The first-order chi connectivity index (χ1) is 11.6. The molecule has 3 nitrogen and oxygen atoms in total. The summed E-state index contributed by atoms with van der Waals surface area (Å²) < 4.78 is 12.8. The molecule has 2 rings (SSSR count). The lowest BCUT2D eigenvalue weighted by atomic mass is 10.3. The summed E-state index contributed by atoms with van der Waals surface area (Å²) in [4.78, 5) is 5.10. The molecule has 0 radical (unpaired) electrons. The van der Waals surface area contributed by atoms with Crippen LogP contribution in [0.1, 0.15) is 19.8 Å². The van der Waals surface area contributed by atoms with Gasteiger partial charge in [0.15, 0.2) is 0 Å². The van der Waals surface area contributed by atoms with Gasteiger partial charge in [0.2, 0.25) is 0 Å². The molecule has 2 N–H and O–H groups in total. The SMILES string of the molecule is C=C=C=C.C=C=C=C.CCCCS(=O)c1sc2ncccc2c1N. The minimum absolute atomic E-state index is 0.641. The molecule has 24 heavy (non-hydrogen) atoms. The Morgan fingerprint density at radius 1 is 1.21 bits per heavy atom. The molecule has 0 saturated carbocycles. The molecule has 0 aliphatic heterocycles. The van der Waals surface area contributed by atoms with Crippen LogP contribution in [0.5, 0.6) is 0 Å². The topological polar surface area (TPSA) is 56.0 Å². The van der Waals surface area contributed by atoms with E-state index in [1.807, 2.05) is 12.1 Å². The maximum Gasteiger partial charge on any atom is 0.126 e. The summed E-state index contributed by atoms with van der Waals surface area (Å²) in [7, 11) is -0.974. The molecule has 5 heteroatoms. The van der Waals surface area contributed by atoms with Crippen LogP contribution in [0.4, 0.5) is 5.69 Å². The zero-order valence-corrected chi connectivity index (χ0v) is 15.6. The van der Waals surface area contributed by atoms with E-state index in [0.717, 1.165) is 27.3 Å². The van der Waals surface area contributed by atoms with Crippen LogP contribution in [0.2, 0.25) is 0 Å². The Labute approximate surface area is 150 Å². The minimum atomic E-state index is -0.974. The van der Waals surface area contributed by atoms with Crippen molar-refractivity contribution in [3.05, 3.63) is 67.6 Å². The second-order valence-electron chi connectivity index (χ2n) is 4.27. The molecule has 0 aliphatic carbocycles. The maximum atomic E-state index is 12.0. The van der Waals surface area contributed by atoms with Crippen molar-refractivity contribution in [2.24, 2.45) is 0 Å². The number of rotatable bonds is 4. The Morgan fingerprint density at radius 2 is 1.79 bits per heavy atom. The van der Waals surface area contributed by atoms with Crippen molar-refractivity contribution in [2.75, 3.05) is 11.5 Å². The van der Waals surface area contributed by atoms with E-state index >= 15 is 0 Å². The van der Waals surface area contributed by atoms with Crippen LogP contribution in [0.25, 0.3) is 10.2 Å². The normalized spacial score (nSPS) is 9.71. The quantitative estimate of drug-likeness (QED) is 0.782. The Balaban J connectivity index is 0.000000558. The van der Waals surface area contributed by atoms with Crippen LogP contribution in [0, 0.1) is 0 Å². The van der Waals surface area contributed by atoms with Gasteiger partial charge in [0, 0.05) is 17.3 Å². The van der Waals surface area contributed by atoms with Crippen molar-refractivity contribution in [3.63, 3.8) is 0 Å². The number of pyridine rings is 1. The maximum absolute atomic E-state index is 12.0. The fourth-order valence-electron chi connectivity index (χ4n) is 1.47. The van der Waals surface area contributed by atoms with Crippen LogP contribution in [-0.2, 0) is 10.8 Å². The monoisotopic (exact) mass is 358 g/mol.